The summed E-state index contributed by atoms with van der Waals surface area (Å²) in [6, 6.07) is 5.42. The molecular weight excluding hydrogens is 282 g/mol. The molecule has 0 bridgehead atoms. The first-order chi connectivity index (χ1) is 7.99. The van der Waals surface area contributed by atoms with Gasteiger partial charge in [-0.25, -0.2) is 4.98 Å². The van der Waals surface area contributed by atoms with Gasteiger partial charge in [0.1, 0.15) is 0 Å². The van der Waals surface area contributed by atoms with Crippen molar-refractivity contribution >= 4 is 32.8 Å². The summed E-state index contributed by atoms with van der Waals surface area (Å²) in [6.45, 7) is 4.66. The Balaban J connectivity index is 2.73. The standard InChI is InChI=1S/C12H14BrN3O/c1-7(2)6-16-11(17)9-5-8(13)3-4-10(9)15-12(16)14/h3-5,7H,6H2,1-2H3,(H2,14,15). The Morgan fingerprint density at radius 1 is 1.47 bits per heavy atom. The van der Waals surface area contributed by atoms with Gasteiger partial charge in [-0.3, -0.25) is 9.36 Å². The van der Waals surface area contributed by atoms with Crippen molar-refractivity contribution in [3.8, 4) is 0 Å². The molecule has 2 rings (SSSR count). The second kappa shape index (κ2) is 4.49. The number of benzene rings is 1. The highest BCUT2D eigenvalue weighted by Crippen LogP contribution is 2.16. The van der Waals surface area contributed by atoms with E-state index in [1.165, 1.54) is 4.57 Å². The number of hydrogen-bond donors (Lipinski definition) is 1. The fourth-order valence-corrected chi connectivity index (χ4v) is 2.11. The third-order valence-electron chi connectivity index (χ3n) is 2.49. The molecule has 0 amide bonds. The summed E-state index contributed by atoms with van der Waals surface area (Å²) < 4.78 is 2.39. The Bertz CT molecular complexity index is 619. The molecule has 2 aromatic rings. The van der Waals surface area contributed by atoms with E-state index in [9.17, 15) is 4.79 Å². The molecule has 0 aliphatic heterocycles. The molecule has 1 aromatic heterocycles. The first-order valence-electron chi connectivity index (χ1n) is 5.44. The minimum Gasteiger partial charge on any atom is -0.369 e. The summed E-state index contributed by atoms with van der Waals surface area (Å²) >= 11 is 3.35. The molecule has 0 aliphatic rings. The molecule has 5 heteroatoms. The zero-order chi connectivity index (χ0) is 12.6. The summed E-state index contributed by atoms with van der Waals surface area (Å²) in [5.74, 6) is 0.625. The predicted molar refractivity (Wildman–Crippen MR) is 73.0 cm³/mol. The molecule has 0 atom stereocenters. The topological polar surface area (TPSA) is 60.9 Å². The zero-order valence-electron chi connectivity index (χ0n) is 9.77. The molecule has 0 aliphatic carbocycles. The average molecular weight is 296 g/mol. The van der Waals surface area contributed by atoms with Gasteiger partial charge in [-0.15, -0.1) is 0 Å². The summed E-state index contributed by atoms with van der Waals surface area (Å²) in [6.07, 6.45) is 0. The van der Waals surface area contributed by atoms with Crippen molar-refractivity contribution in [3.63, 3.8) is 0 Å². The minimum absolute atomic E-state index is 0.0810. The normalized spacial score (nSPS) is 11.3. The monoisotopic (exact) mass is 295 g/mol. The van der Waals surface area contributed by atoms with Gasteiger partial charge in [0, 0.05) is 11.0 Å². The Kier molecular flexibility index (Phi) is 3.19. The predicted octanol–water partition coefficient (Wildman–Crippen LogP) is 2.40. The Labute approximate surface area is 108 Å². The molecule has 0 fully saturated rings. The second-order valence-corrected chi connectivity index (χ2v) is 5.36. The van der Waals surface area contributed by atoms with E-state index in [0.717, 1.165) is 4.47 Å². The molecule has 1 heterocycles. The van der Waals surface area contributed by atoms with E-state index in [0.29, 0.717) is 23.4 Å². The fraction of sp³-hybridized carbons (Fsp3) is 0.333. The van der Waals surface area contributed by atoms with Crippen molar-refractivity contribution < 1.29 is 0 Å². The number of aromatic nitrogens is 2. The van der Waals surface area contributed by atoms with Crippen LogP contribution >= 0.6 is 15.9 Å². The Morgan fingerprint density at radius 2 is 2.18 bits per heavy atom. The van der Waals surface area contributed by atoms with Crippen LogP contribution < -0.4 is 11.3 Å². The van der Waals surface area contributed by atoms with Crippen molar-refractivity contribution in [3.05, 3.63) is 33.0 Å². The first kappa shape index (κ1) is 12.1. The van der Waals surface area contributed by atoms with Gasteiger partial charge in [0.15, 0.2) is 0 Å². The molecule has 4 nitrogen and oxygen atoms in total. The van der Waals surface area contributed by atoms with E-state index in [1.807, 2.05) is 19.9 Å². The van der Waals surface area contributed by atoms with Gasteiger partial charge < -0.3 is 5.73 Å². The molecular formula is C12H14BrN3O. The van der Waals surface area contributed by atoms with E-state index in [2.05, 4.69) is 20.9 Å². The van der Waals surface area contributed by atoms with Crippen LogP contribution in [0.1, 0.15) is 13.8 Å². The van der Waals surface area contributed by atoms with Gasteiger partial charge in [0.25, 0.3) is 5.56 Å². The van der Waals surface area contributed by atoms with Gasteiger partial charge in [-0.2, -0.15) is 0 Å². The van der Waals surface area contributed by atoms with Crippen LogP contribution in [0.3, 0.4) is 0 Å². The van der Waals surface area contributed by atoms with Crippen LogP contribution in [0.2, 0.25) is 0 Å². The van der Waals surface area contributed by atoms with Crippen LogP contribution in [0, 0.1) is 5.92 Å². The Morgan fingerprint density at radius 3 is 2.82 bits per heavy atom. The van der Waals surface area contributed by atoms with Gasteiger partial charge >= 0.3 is 0 Å². The van der Waals surface area contributed by atoms with Crippen molar-refractivity contribution in [1.29, 1.82) is 0 Å². The zero-order valence-corrected chi connectivity index (χ0v) is 11.4. The van der Waals surface area contributed by atoms with Crippen LogP contribution in [0.15, 0.2) is 27.5 Å². The lowest BCUT2D eigenvalue weighted by molar-refractivity contribution is 0.514. The number of rotatable bonds is 2. The molecule has 0 spiro atoms. The van der Waals surface area contributed by atoms with Crippen molar-refractivity contribution in [2.45, 2.75) is 20.4 Å². The van der Waals surface area contributed by atoms with Crippen LogP contribution in [0.4, 0.5) is 5.95 Å². The van der Waals surface area contributed by atoms with Gasteiger partial charge in [-0.1, -0.05) is 29.8 Å². The maximum atomic E-state index is 12.3. The quantitative estimate of drug-likeness (QED) is 0.925. The number of halogens is 1. The molecule has 0 saturated heterocycles. The van der Waals surface area contributed by atoms with E-state index in [4.69, 9.17) is 5.73 Å². The van der Waals surface area contributed by atoms with E-state index >= 15 is 0 Å². The molecule has 0 saturated carbocycles. The van der Waals surface area contributed by atoms with Crippen molar-refractivity contribution in [2.24, 2.45) is 5.92 Å². The summed E-state index contributed by atoms with van der Waals surface area (Å²) in [5, 5.41) is 0.592. The molecule has 90 valence electrons. The lowest BCUT2D eigenvalue weighted by atomic mass is 10.2. The average Bonchev–Trinajstić information content (AvgIpc) is 2.25. The SMILES string of the molecule is CC(C)Cn1c(N)nc2ccc(Br)cc2c1=O. The maximum absolute atomic E-state index is 12.3. The van der Waals surface area contributed by atoms with E-state index < -0.39 is 0 Å². The number of nitrogen functional groups attached to an aromatic ring is 1. The van der Waals surface area contributed by atoms with E-state index in [-0.39, 0.29) is 11.5 Å². The van der Waals surface area contributed by atoms with Gasteiger partial charge in [0.05, 0.1) is 10.9 Å². The highest BCUT2D eigenvalue weighted by atomic mass is 79.9. The van der Waals surface area contributed by atoms with Crippen LogP contribution in [0.25, 0.3) is 10.9 Å². The summed E-state index contributed by atoms with van der Waals surface area (Å²) in [4.78, 5) is 16.5. The number of fused-ring (bicyclic) bond motifs is 1. The highest BCUT2D eigenvalue weighted by Gasteiger charge is 2.10. The van der Waals surface area contributed by atoms with Gasteiger partial charge in [0.2, 0.25) is 5.95 Å². The fourth-order valence-electron chi connectivity index (χ4n) is 1.75. The summed E-state index contributed by atoms with van der Waals surface area (Å²) in [5.41, 5.74) is 6.37. The molecule has 0 radical (unpaired) electrons. The smallest absolute Gasteiger partial charge is 0.262 e. The molecule has 0 unspecified atom stereocenters. The third-order valence-corrected chi connectivity index (χ3v) is 2.99. The molecule has 17 heavy (non-hydrogen) atoms. The lowest BCUT2D eigenvalue weighted by Crippen LogP contribution is -2.26. The number of nitrogens with two attached hydrogens (primary N) is 1. The largest absolute Gasteiger partial charge is 0.369 e. The Hall–Kier alpha value is -1.36. The van der Waals surface area contributed by atoms with Crippen LogP contribution in [-0.4, -0.2) is 9.55 Å². The molecule has 2 N–H and O–H groups in total. The maximum Gasteiger partial charge on any atom is 0.262 e. The first-order valence-corrected chi connectivity index (χ1v) is 6.24. The van der Waals surface area contributed by atoms with Crippen molar-refractivity contribution in [1.82, 2.24) is 9.55 Å². The van der Waals surface area contributed by atoms with Crippen LogP contribution in [-0.2, 0) is 6.54 Å². The van der Waals surface area contributed by atoms with E-state index in [1.54, 1.807) is 12.1 Å². The third kappa shape index (κ3) is 2.34. The minimum atomic E-state index is -0.0810. The number of hydrogen-bond acceptors (Lipinski definition) is 3. The summed E-state index contributed by atoms with van der Waals surface area (Å²) in [7, 11) is 0. The second-order valence-electron chi connectivity index (χ2n) is 4.44. The van der Waals surface area contributed by atoms with Crippen LogP contribution in [0.5, 0.6) is 0 Å². The number of anilines is 1. The highest BCUT2D eigenvalue weighted by molar-refractivity contribution is 9.10. The number of nitrogens with zero attached hydrogens (tertiary/aromatic N) is 2. The molecule has 1 aromatic carbocycles. The lowest BCUT2D eigenvalue weighted by Gasteiger charge is -2.12. The van der Waals surface area contributed by atoms with Gasteiger partial charge in [-0.05, 0) is 24.1 Å². The van der Waals surface area contributed by atoms with Crippen molar-refractivity contribution in [2.75, 3.05) is 5.73 Å².